The molecular formula is C46H80O11. The number of methoxy groups -OCH3 is 1. The fraction of sp³-hybridized carbons (Fsp3) is 0.848. The van der Waals surface area contributed by atoms with Crippen LogP contribution >= 0.6 is 0 Å². The number of rotatable bonds is 8. The molecule has 2 fully saturated rings. The van der Waals surface area contributed by atoms with Crippen molar-refractivity contribution >= 4 is 5.97 Å². The Morgan fingerprint density at radius 2 is 1.58 bits per heavy atom. The maximum Gasteiger partial charge on any atom is 0.330 e. The summed E-state index contributed by atoms with van der Waals surface area (Å²) in [6.07, 6.45) is 13.2. The topological polar surface area (TPSA) is 175 Å². The average Bonchev–Trinajstić information content (AvgIpc) is 3.18. The fourth-order valence-electron chi connectivity index (χ4n) is 8.85. The molecule has 2 unspecified atom stereocenters. The Morgan fingerprint density at radius 3 is 2.23 bits per heavy atom. The summed E-state index contributed by atoms with van der Waals surface area (Å²) >= 11 is 0. The molecule has 2 bridgehead atoms. The number of carbonyl (C=O) groups excluding carboxylic acids is 1. The zero-order valence-corrected chi connectivity index (χ0v) is 36.3. The lowest BCUT2D eigenvalue weighted by atomic mass is 9.77. The van der Waals surface area contributed by atoms with E-state index in [1.807, 2.05) is 26.0 Å². The first kappa shape index (κ1) is 49.7. The third kappa shape index (κ3) is 15.7. The second kappa shape index (κ2) is 24.6. The van der Waals surface area contributed by atoms with E-state index in [-0.39, 0.29) is 42.8 Å². The maximum atomic E-state index is 13.7. The summed E-state index contributed by atoms with van der Waals surface area (Å²) in [5, 5.41) is 65.3. The molecule has 1 spiro atoms. The molecule has 0 radical (unpaired) electrons. The second-order valence-corrected chi connectivity index (χ2v) is 17.9. The van der Waals surface area contributed by atoms with Gasteiger partial charge in [0, 0.05) is 49.7 Å². The van der Waals surface area contributed by atoms with Gasteiger partial charge in [0.1, 0.15) is 6.10 Å². The average molecular weight is 809 g/mol. The number of allylic oxidation sites excluding steroid dienone is 4. The standard InChI is InChI=1S/C46H80O11/c1-9-34-15-13-11-12-14-16-38(49)32(6)39(50)26-36(54-8)27-40(51)33(7)45(53)30(4)17-22-44(52)55-43-28-46(24-23-29(3)42(57-46)25-35(48)10-2)56-41(21-19-34)37(43)20-18-31(5)47/h11-13,15,17,22,29-43,45,47-51,53H,9-10,14,16,18-21,23-28H2,1-8H3/b12-11+,15-13+,22-17+/t29-,30-,31?,32+,33-,34-,35+,36+,37+,38+,39?,40+,41-,42-,43-,45+,46-/m0/s1. The van der Waals surface area contributed by atoms with E-state index in [2.05, 4.69) is 26.0 Å². The molecule has 17 atom stereocenters. The molecule has 3 heterocycles. The number of fused-ring (bicyclic) bond motifs is 2. The molecule has 0 saturated carbocycles. The van der Waals surface area contributed by atoms with Crippen LogP contribution < -0.4 is 0 Å². The van der Waals surface area contributed by atoms with Crippen molar-refractivity contribution in [1.29, 1.82) is 0 Å². The Labute approximate surface area is 343 Å². The van der Waals surface area contributed by atoms with Crippen molar-refractivity contribution in [3.8, 4) is 0 Å². The van der Waals surface area contributed by atoms with E-state index in [1.54, 1.807) is 26.8 Å². The van der Waals surface area contributed by atoms with Crippen LogP contribution in [0.3, 0.4) is 0 Å². The molecular weight excluding hydrogens is 728 g/mol. The minimum absolute atomic E-state index is 0.181. The number of hydrogen-bond donors (Lipinski definition) is 6. The van der Waals surface area contributed by atoms with Crippen LogP contribution in [-0.4, -0.2) is 111 Å². The van der Waals surface area contributed by atoms with Crippen LogP contribution in [0.15, 0.2) is 36.5 Å². The largest absolute Gasteiger partial charge is 0.459 e. The number of aliphatic hydroxyl groups excluding tert-OH is 6. The highest BCUT2D eigenvalue weighted by Crippen LogP contribution is 2.47. The number of hydrogen-bond acceptors (Lipinski definition) is 11. The SMILES string of the molecule is CC[C@@H](O)C[C@@H]1O[C@@]2(CC[C@@H]1C)C[C@@H]1OC(=O)/C=C/[C@H](C)[C@@H](O)[C@@H](C)[C@H](O)C[C@H](OC)CC(O)[C@H](C)[C@H](O)CC/C=C/C=C/[C@H](CC)CC[C@H](O2)[C@H]1CCC(C)O. The Bertz CT molecular complexity index is 1240. The molecule has 2 saturated heterocycles. The van der Waals surface area contributed by atoms with Gasteiger partial charge in [0.15, 0.2) is 5.79 Å². The van der Waals surface area contributed by atoms with Crippen molar-refractivity contribution in [2.75, 3.05) is 7.11 Å². The highest BCUT2D eigenvalue weighted by molar-refractivity contribution is 5.82. The molecule has 57 heavy (non-hydrogen) atoms. The molecule has 330 valence electrons. The summed E-state index contributed by atoms with van der Waals surface area (Å²) in [7, 11) is 1.53. The van der Waals surface area contributed by atoms with Crippen molar-refractivity contribution in [1.82, 2.24) is 0 Å². The third-order valence-electron chi connectivity index (χ3n) is 13.4. The first-order valence-corrected chi connectivity index (χ1v) is 22.2. The molecule has 11 nitrogen and oxygen atoms in total. The first-order valence-electron chi connectivity index (χ1n) is 22.2. The van der Waals surface area contributed by atoms with Gasteiger partial charge in [-0.25, -0.2) is 4.79 Å². The van der Waals surface area contributed by atoms with Crippen LogP contribution in [0.1, 0.15) is 138 Å². The first-order chi connectivity index (χ1) is 27.0. The maximum absolute atomic E-state index is 13.7. The summed E-state index contributed by atoms with van der Waals surface area (Å²) in [5.41, 5.74) is 0. The predicted molar refractivity (Wildman–Crippen MR) is 222 cm³/mol. The third-order valence-corrected chi connectivity index (χ3v) is 13.4. The lowest BCUT2D eigenvalue weighted by Gasteiger charge is -2.52. The molecule has 0 aromatic rings. The van der Waals surface area contributed by atoms with E-state index in [9.17, 15) is 35.4 Å². The van der Waals surface area contributed by atoms with Crippen molar-refractivity contribution in [3.63, 3.8) is 0 Å². The Balaban J connectivity index is 1.97. The molecule has 3 aliphatic rings. The normalized spacial score (nSPS) is 42.7. The lowest BCUT2D eigenvalue weighted by molar-refractivity contribution is -0.349. The monoisotopic (exact) mass is 809 g/mol. The molecule has 3 aliphatic heterocycles. The number of carbonyl (C=O) groups is 1. The van der Waals surface area contributed by atoms with Crippen LogP contribution in [0, 0.1) is 35.5 Å². The van der Waals surface area contributed by atoms with E-state index < -0.39 is 78.3 Å². The van der Waals surface area contributed by atoms with Crippen LogP contribution in [0.25, 0.3) is 0 Å². The number of ether oxygens (including phenoxy) is 4. The van der Waals surface area contributed by atoms with Gasteiger partial charge in [0.2, 0.25) is 0 Å². The summed E-state index contributed by atoms with van der Waals surface area (Å²) in [5.74, 6) is -2.69. The quantitative estimate of drug-likeness (QED) is 0.147. The molecule has 3 rings (SSSR count). The van der Waals surface area contributed by atoms with Gasteiger partial charge in [-0.15, -0.1) is 0 Å². The number of aliphatic hydroxyl groups is 6. The van der Waals surface area contributed by atoms with Gasteiger partial charge in [0.05, 0.1) is 54.9 Å². The van der Waals surface area contributed by atoms with Gasteiger partial charge >= 0.3 is 5.97 Å². The minimum Gasteiger partial charge on any atom is -0.459 e. The highest BCUT2D eigenvalue weighted by Gasteiger charge is 2.52. The van der Waals surface area contributed by atoms with E-state index in [1.165, 1.54) is 13.2 Å². The number of esters is 1. The molecule has 0 amide bonds. The van der Waals surface area contributed by atoms with Crippen molar-refractivity contribution in [2.24, 2.45) is 35.5 Å². The van der Waals surface area contributed by atoms with Crippen LogP contribution in [-0.2, 0) is 23.7 Å². The Morgan fingerprint density at radius 1 is 0.877 bits per heavy atom. The molecule has 0 aliphatic carbocycles. The van der Waals surface area contributed by atoms with E-state index >= 15 is 0 Å². The van der Waals surface area contributed by atoms with E-state index in [0.717, 1.165) is 19.3 Å². The zero-order chi connectivity index (χ0) is 42.3. The van der Waals surface area contributed by atoms with Crippen molar-refractivity contribution in [3.05, 3.63) is 36.5 Å². The Kier molecular flexibility index (Phi) is 21.4. The summed E-state index contributed by atoms with van der Waals surface area (Å²) in [6.45, 7) is 13.4. The summed E-state index contributed by atoms with van der Waals surface area (Å²) < 4.78 is 25.8. The molecule has 11 heteroatoms. The molecule has 0 aromatic heterocycles. The van der Waals surface area contributed by atoms with Gasteiger partial charge in [-0.3, -0.25) is 0 Å². The fourth-order valence-corrected chi connectivity index (χ4v) is 8.85. The predicted octanol–water partition coefficient (Wildman–Crippen LogP) is 6.55. The van der Waals surface area contributed by atoms with Crippen molar-refractivity contribution in [2.45, 2.75) is 205 Å². The zero-order valence-electron chi connectivity index (χ0n) is 36.3. The molecule has 0 aromatic carbocycles. The van der Waals surface area contributed by atoms with Crippen molar-refractivity contribution < 1.29 is 54.4 Å². The van der Waals surface area contributed by atoms with Crippen LogP contribution in [0.5, 0.6) is 0 Å². The van der Waals surface area contributed by atoms with Gasteiger partial charge < -0.3 is 49.6 Å². The van der Waals surface area contributed by atoms with E-state index in [4.69, 9.17) is 18.9 Å². The lowest BCUT2D eigenvalue weighted by Crippen LogP contribution is -2.58. The van der Waals surface area contributed by atoms with E-state index in [0.29, 0.717) is 57.8 Å². The van der Waals surface area contributed by atoms with Crippen LogP contribution in [0.2, 0.25) is 0 Å². The molecule has 6 N–H and O–H groups in total. The second-order valence-electron chi connectivity index (χ2n) is 17.9. The van der Waals surface area contributed by atoms with Gasteiger partial charge in [-0.1, -0.05) is 71.9 Å². The van der Waals surface area contributed by atoms with Crippen LogP contribution in [0.4, 0.5) is 0 Å². The summed E-state index contributed by atoms with van der Waals surface area (Å²) in [6, 6.07) is 0. The van der Waals surface area contributed by atoms with Gasteiger partial charge in [0.25, 0.3) is 0 Å². The minimum atomic E-state index is -0.985. The highest BCUT2D eigenvalue weighted by atomic mass is 16.7. The Hall–Kier alpha value is -1.67. The smallest absolute Gasteiger partial charge is 0.330 e. The summed E-state index contributed by atoms with van der Waals surface area (Å²) in [4.78, 5) is 13.7. The van der Waals surface area contributed by atoms with Gasteiger partial charge in [-0.05, 0) is 95.8 Å². The van der Waals surface area contributed by atoms with Gasteiger partial charge in [-0.2, -0.15) is 0 Å².